The van der Waals surface area contributed by atoms with Crippen LogP contribution in [0.15, 0.2) is 28.9 Å². The lowest BCUT2D eigenvalue weighted by Gasteiger charge is -2.44. The van der Waals surface area contributed by atoms with E-state index in [9.17, 15) is 24.5 Å². The fourth-order valence-corrected chi connectivity index (χ4v) is 7.05. The maximum absolute atomic E-state index is 13.7. The third kappa shape index (κ3) is 6.78. The average molecular weight is 566 g/mol. The number of carbonyl (C=O) groups excluding carboxylic acids is 2. The van der Waals surface area contributed by atoms with Crippen molar-refractivity contribution in [2.45, 2.75) is 92.0 Å². The number of nitrogens with zero attached hydrogens (tertiary/aromatic N) is 1. The number of carbonyl (C=O) groups is 3. The Morgan fingerprint density at radius 2 is 1.78 bits per heavy atom. The molecule has 2 heterocycles. The molecule has 1 aromatic carbocycles. The predicted molar refractivity (Wildman–Crippen MR) is 158 cm³/mol. The van der Waals surface area contributed by atoms with Gasteiger partial charge in [0.25, 0.3) is 0 Å². The van der Waals surface area contributed by atoms with Gasteiger partial charge in [0.15, 0.2) is 0 Å². The lowest BCUT2D eigenvalue weighted by molar-refractivity contribution is -0.141. The van der Waals surface area contributed by atoms with E-state index in [0.717, 1.165) is 34.3 Å². The second-order valence-corrected chi connectivity index (χ2v) is 12.5. The zero-order valence-electron chi connectivity index (χ0n) is 25.0. The first-order valence-electron chi connectivity index (χ1n) is 15.0. The summed E-state index contributed by atoms with van der Waals surface area (Å²) in [5.41, 5.74) is 6.11. The van der Waals surface area contributed by atoms with Crippen LogP contribution < -0.4 is 0 Å². The molecule has 0 unspecified atom stereocenters. The van der Waals surface area contributed by atoms with Gasteiger partial charge in [0.05, 0.1) is 17.9 Å². The van der Waals surface area contributed by atoms with Crippen molar-refractivity contribution in [1.82, 2.24) is 4.90 Å². The molecule has 2 amide bonds. The summed E-state index contributed by atoms with van der Waals surface area (Å²) in [5.74, 6) is -1.77. The van der Waals surface area contributed by atoms with E-state index >= 15 is 0 Å². The molecule has 2 aliphatic heterocycles. The number of phenolic OH excluding ortho intramolecular Hbond substituents is 1. The van der Waals surface area contributed by atoms with E-state index in [1.807, 2.05) is 26.0 Å². The van der Waals surface area contributed by atoms with Crippen LogP contribution in [0.4, 0.5) is 0 Å². The highest BCUT2D eigenvalue weighted by atomic mass is 16.5. The fraction of sp³-hybridized carbons (Fsp3) is 0.594. The number of hydrogen-bond acceptors (Lipinski definition) is 6. The Morgan fingerprint density at radius 1 is 1.10 bits per heavy atom. The number of hydrogen-bond donors (Lipinski definition) is 3. The van der Waals surface area contributed by atoms with Crippen LogP contribution in [0.25, 0.3) is 6.08 Å². The third-order valence-corrected chi connectivity index (χ3v) is 9.03. The van der Waals surface area contributed by atoms with Crippen LogP contribution in [0.5, 0.6) is 5.75 Å². The highest BCUT2D eigenvalue weighted by Gasteiger charge is 2.57. The summed E-state index contributed by atoms with van der Waals surface area (Å²) in [6.45, 7) is 10.4. The molecule has 8 nitrogen and oxygen atoms in total. The molecule has 0 bridgehead atoms. The van der Waals surface area contributed by atoms with Crippen LogP contribution in [-0.2, 0) is 19.0 Å². The summed E-state index contributed by atoms with van der Waals surface area (Å²) in [6.07, 6.45) is 5.85. The van der Waals surface area contributed by atoms with Crippen molar-refractivity contribution in [3.8, 4) is 5.75 Å². The SMILES string of the molecule is C/C(=C\c1cc(C)c(O)c(C)c1)CC[C@H]1OB(O)C[C@H]2C1=C(C(C)C)C[C@H]1C(=O)N(CCCCCC(=O)O)C(=O)[C@H]12. The summed E-state index contributed by atoms with van der Waals surface area (Å²) >= 11 is 0. The molecule has 41 heavy (non-hydrogen) atoms. The van der Waals surface area contributed by atoms with E-state index in [-0.39, 0.29) is 36.2 Å². The van der Waals surface area contributed by atoms with E-state index in [4.69, 9.17) is 9.76 Å². The highest BCUT2D eigenvalue weighted by molar-refractivity contribution is 6.43. The smallest absolute Gasteiger partial charge is 0.455 e. The minimum absolute atomic E-state index is 0.0857. The van der Waals surface area contributed by atoms with Gasteiger partial charge in [-0.1, -0.05) is 37.5 Å². The fourth-order valence-electron chi connectivity index (χ4n) is 7.05. The van der Waals surface area contributed by atoms with E-state index < -0.39 is 24.9 Å². The number of carboxylic acid groups (broad SMARTS) is 1. The molecule has 9 heteroatoms. The number of aromatic hydroxyl groups is 1. The van der Waals surface area contributed by atoms with Crippen molar-refractivity contribution in [1.29, 1.82) is 0 Å². The molecule has 0 spiro atoms. The van der Waals surface area contributed by atoms with Gasteiger partial charge in [0.2, 0.25) is 11.8 Å². The normalized spacial score (nSPS) is 24.8. The summed E-state index contributed by atoms with van der Waals surface area (Å²) in [6, 6.07) is 3.92. The molecular formula is C32H44BNO7. The van der Waals surface area contributed by atoms with Crippen LogP contribution in [0, 0.1) is 37.5 Å². The van der Waals surface area contributed by atoms with E-state index in [1.165, 1.54) is 10.5 Å². The van der Waals surface area contributed by atoms with Crippen molar-refractivity contribution in [2.75, 3.05) is 6.54 Å². The lowest BCUT2D eigenvalue weighted by atomic mass is 9.57. The van der Waals surface area contributed by atoms with Crippen molar-refractivity contribution < 1.29 is 34.3 Å². The van der Waals surface area contributed by atoms with E-state index in [2.05, 4.69) is 26.8 Å². The number of imide groups is 1. The second kappa shape index (κ2) is 12.9. The van der Waals surface area contributed by atoms with Crippen LogP contribution in [0.1, 0.15) is 82.4 Å². The molecule has 222 valence electrons. The van der Waals surface area contributed by atoms with Crippen molar-refractivity contribution >= 4 is 31.0 Å². The highest BCUT2D eigenvalue weighted by Crippen LogP contribution is 2.52. The predicted octanol–water partition coefficient (Wildman–Crippen LogP) is 5.29. The number of aryl methyl sites for hydroxylation is 2. The average Bonchev–Trinajstić information content (AvgIpc) is 3.13. The second-order valence-electron chi connectivity index (χ2n) is 12.5. The standard InChI is InChI=1S/C32H44BNO7/c1-18(2)23-16-24-29(32(39)34(31(24)38)12-8-6-7-9-27(35)36)25-17-33(40)41-26(28(23)25)11-10-19(3)13-22-14-20(4)30(37)21(5)15-22/h13-15,18,24-26,29,37,40H,6-12,16-17H2,1-5H3,(H,35,36)/b19-13+/t24-,25+,26-,29-/m1/s1. The number of rotatable bonds is 11. The van der Waals surface area contributed by atoms with Gasteiger partial charge in [-0.2, -0.15) is 0 Å². The Hall–Kier alpha value is -2.91. The van der Waals surface area contributed by atoms with E-state index in [1.54, 1.807) is 0 Å². The summed E-state index contributed by atoms with van der Waals surface area (Å²) < 4.78 is 6.12. The van der Waals surface area contributed by atoms with E-state index in [0.29, 0.717) is 50.7 Å². The molecule has 2 fully saturated rings. The largest absolute Gasteiger partial charge is 0.507 e. The van der Waals surface area contributed by atoms with Gasteiger partial charge in [-0.3, -0.25) is 19.3 Å². The minimum atomic E-state index is -0.999. The number of aliphatic carboxylic acids is 1. The molecule has 1 aliphatic carbocycles. The quantitative estimate of drug-likeness (QED) is 0.144. The first-order chi connectivity index (χ1) is 19.4. The Labute approximate surface area is 243 Å². The Morgan fingerprint density at radius 3 is 2.41 bits per heavy atom. The van der Waals surface area contributed by atoms with Crippen molar-refractivity contribution in [2.24, 2.45) is 23.7 Å². The molecule has 3 N–H and O–H groups in total. The maximum Gasteiger partial charge on any atom is 0.455 e. The Balaban J connectivity index is 1.52. The van der Waals surface area contributed by atoms with Gasteiger partial charge in [-0.25, -0.2) is 0 Å². The number of carboxylic acids is 1. The van der Waals surface area contributed by atoms with Gasteiger partial charge >= 0.3 is 13.1 Å². The summed E-state index contributed by atoms with van der Waals surface area (Å²) in [7, 11) is -0.999. The summed E-state index contributed by atoms with van der Waals surface area (Å²) in [4.78, 5) is 39.3. The molecule has 0 radical (unpaired) electrons. The van der Waals surface area contributed by atoms with Gasteiger partial charge in [0, 0.05) is 13.0 Å². The van der Waals surface area contributed by atoms with Crippen LogP contribution in [-0.4, -0.2) is 57.7 Å². The van der Waals surface area contributed by atoms with Crippen molar-refractivity contribution in [3.05, 3.63) is 45.5 Å². The molecule has 4 atom stereocenters. The number of allylic oxidation sites excluding steroid dienone is 2. The minimum Gasteiger partial charge on any atom is -0.507 e. The maximum atomic E-state index is 13.7. The number of amides is 2. The number of phenols is 1. The van der Waals surface area contributed by atoms with Crippen LogP contribution in [0.2, 0.25) is 6.32 Å². The van der Waals surface area contributed by atoms with Gasteiger partial charge in [-0.05, 0) is 105 Å². The third-order valence-electron chi connectivity index (χ3n) is 9.03. The van der Waals surface area contributed by atoms with Crippen molar-refractivity contribution in [3.63, 3.8) is 0 Å². The van der Waals surface area contributed by atoms with Gasteiger partial charge in [0.1, 0.15) is 5.75 Å². The number of unbranched alkanes of at least 4 members (excludes halogenated alkanes) is 2. The summed E-state index contributed by atoms with van der Waals surface area (Å²) in [5, 5.41) is 29.8. The topological polar surface area (TPSA) is 124 Å². The first-order valence-corrected chi connectivity index (χ1v) is 15.0. The van der Waals surface area contributed by atoms with Gasteiger partial charge in [-0.15, -0.1) is 0 Å². The molecule has 4 rings (SSSR count). The van der Waals surface area contributed by atoms with Crippen LogP contribution >= 0.6 is 0 Å². The molecule has 2 saturated heterocycles. The lowest BCUT2D eigenvalue weighted by Crippen LogP contribution is -2.46. The first kappa shape index (κ1) is 31.0. The molecule has 1 aromatic rings. The zero-order chi connectivity index (χ0) is 30.0. The number of fused-ring (bicyclic) bond motifs is 3. The number of likely N-dealkylation sites (tertiary alicyclic amines) is 1. The Kier molecular flexibility index (Phi) is 9.80. The molecule has 3 aliphatic rings. The molecule has 0 aromatic heterocycles. The Bertz CT molecular complexity index is 1230. The molecular weight excluding hydrogens is 521 g/mol. The zero-order valence-corrected chi connectivity index (χ0v) is 25.0. The monoisotopic (exact) mass is 565 g/mol. The van der Waals surface area contributed by atoms with Crippen LogP contribution in [0.3, 0.4) is 0 Å². The number of benzene rings is 1. The van der Waals surface area contributed by atoms with Gasteiger partial charge < -0.3 is 19.9 Å². The molecule has 0 saturated carbocycles.